The normalized spacial score (nSPS) is 12.2. The van der Waals surface area contributed by atoms with Gasteiger partial charge < -0.3 is 4.74 Å². The van der Waals surface area contributed by atoms with Crippen molar-refractivity contribution in [3.8, 4) is 11.8 Å². The molecule has 0 saturated carbocycles. The van der Waals surface area contributed by atoms with Gasteiger partial charge in [-0.15, -0.1) is 0 Å². The molecule has 17 heavy (non-hydrogen) atoms. The minimum absolute atomic E-state index is 0.306. The highest BCUT2D eigenvalue weighted by Gasteiger charge is 1.97. The minimum atomic E-state index is -1.99. The van der Waals surface area contributed by atoms with Crippen molar-refractivity contribution in [1.82, 2.24) is 0 Å². The highest BCUT2D eigenvalue weighted by molar-refractivity contribution is 5.30. The Morgan fingerprint density at radius 2 is 1.82 bits per heavy atom. The monoisotopic (exact) mass is 225 g/mol. The summed E-state index contributed by atoms with van der Waals surface area (Å²) in [6.07, 6.45) is -1.99. The summed E-state index contributed by atoms with van der Waals surface area (Å²) in [5.74, 6) is 0.556. The Balaban J connectivity index is 2.10. The summed E-state index contributed by atoms with van der Waals surface area (Å²) in [6, 6.07) is 17.9. The molecule has 2 aromatic rings. The van der Waals surface area contributed by atoms with E-state index in [0.29, 0.717) is 17.9 Å². The van der Waals surface area contributed by atoms with Crippen LogP contribution in [0.2, 0.25) is 0 Å². The number of rotatable bonds is 4. The molecular formula is C15H13NO. The highest BCUT2D eigenvalue weighted by atomic mass is 16.5. The lowest BCUT2D eigenvalue weighted by Crippen LogP contribution is -1.95. The van der Waals surface area contributed by atoms with E-state index in [4.69, 9.17) is 12.7 Å². The number of nitrogens with zero attached hydrogens (tertiary/aromatic N) is 1. The maximum Gasteiger partial charge on any atom is 0.120 e. The van der Waals surface area contributed by atoms with E-state index in [1.807, 2.05) is 30.3 Å². The number of ether oxygens (including phenoxy) is 1. The first kappa shape index (κ1) is 8.83. The standard InChI is InChI=1S/C15H13NO/c16-10-9-13-7-4-8-15(11-13)17-12-14-5-2-1-3-6-14/h1-8,11H,9,12H2/i9D2. The second-order valence-corrected chi connectivity index (χ2v) is 3.54. The predicted molar refractivity (Wildman–Crippen MR) is 66.5 cm³/mol. The van der Waals surface area contributed by atoms with Crippen LogP contribution in [0.15, 0.2) is 54.6 Å². The highest BCUT2D eigenvalue weighted by Crippen LogP contribution is 2.15. The third-order valence-electron chi connectivity index (χ3n) is 2.28. The van der Waals surface area contributed by atoms with Gasteiger partial charge in [0.2, 0.25) is 0 Å². The first-order valence-electron chi connectivity index (χ1n) is 6.30. The van der Waals surface area contributed by atoms with Crippen LogP contribution in [0, 0.1) is 11.3 Å². The van der Waals surface area contributed by atoms with E-state index >= 15 is 0 Å². The van der Waals surface area contributed by atoms with E-state index in [9.17, 15) is 0 Å². The molecule has 0 aliphatic rings. The fraction of sp³-hybridized carbons (Fsp3) is 0.133. The van der Waals surface area contributed by atoms with E-state index in [2.05, 4.69) is 0 Å². The smallest absolute Gasteiger partial charge is 0.120 e. The molecule has 0 amide bonds. The maximum atomic E-state index is 8.78. The Morgan fingerprint density at radius 3 is 2.59 bits per heavy atom. The molecule has 0 heterocycles. The number of benzene rings is 2. The van der Waals surface area contributed by atoms with Crippen molar-refractivity contribution in [2.45, 2.75) is 13.0 Å². The maximum absolute atomic E-state index is 8.78. The Morgan fingerprint density at radius 1 is 1.06 bits per heavy atom. The molecule has 0 aliphatic carbocycles. The van der Waals surface area contributed by atoms with Crippen molar-refractivity contribution in [3.05, 3.63) is 65.7 Å². The van der Waals surface area contributed by atoms with Gasteiger partial charge in [0.15, 0.2) is 0 Å². The number of hydrogen-bond acceptors (Lipinski definition) is 2. The third-order valence-corrected chi connectivity index (χ3v) is 2.28. The van der Waals surface area contributed by atoms with Gasteiger partial charge in [0.1, 0.15) is 12.4 Å². The van der Waals surface area contributed by atoms with Gasteiger partial charge in [-0.1, -0.05) is 42.5 Å². The third kappa shape index (κ3) is 3.35. The SMILES string of the molecule is [2H]C([2H])(C#N)c1cccc(OCc2ccccc2)c1. The van der Waals surface area contributed by atoms with Crippen molar-refractivity contribution in [1.29, 1.82) is 5.26 Å². The average molecular weight is 225 g/mol. The molecular weight excluding hydrogens is 210 g/mol. The van der Waals surface area contributed by atoms with Crippen molar-refractivity contribution in [2.75, 3.05) is 0 Å². The average Bonchev–Trinajstić information content (AvgIpc) is 2.46. The summed E-state index contributed by atoms with van der Waals surface area (Å²) >= 11 is 0. The quantitative estimate of drug-likeness (QED) is 0.799. The van der Waals surface area contributed by atoms with Gasteiger partial charge in [0.05, 0.1) is 12.4 Å². The summed E-state index contributed by atoms with van der Waals surface area (Å²) in [6.45, 7) is 0.417. The largest absolute Gasteiger partial charge is 0.489 e. The van der Waals surface area contributed by atoms with E-state index in [1.165, 1.54) is 0 Å². The molecule has 2 nitrogen and oxygen atoms in total. The Bertz CT molecular complexity index is 591. The molecule has 0 unspecified atom stereocenters. The Kier molecular flexibility index (Phi) is 2.97. The van der Waals surface area contributed by atoms with Gasteiger partial charge in [-0.05, 0) is 23.3 Å². The first-order chi connectivity index (χ1) is 9.12. The van der Waals surface area contributed by atoms with Crippen LogP contribution >= 0.6 is 0 Å². The summed E-state index contributed by atoms with van der Waals surface area (Å²) < 4.78 is 20.7. The van der Waals surface area contributed by atoms with Crippen molar-refractivity contribution >= 4 is 0 Å². The van der Waals surface area contributed by atoms with Gasteiger partial charge >= 0.3 is 0 Å². The Labute approximate surface area is 104 Å². The molecule has 0 saturated heterocycles. The molecule has 0 aliphatic heterocycles. The molecule has 0 atom stereocenters. The van der Waals surface area contributed by atoms with Gasteiger partial charge in [0.25, 0.3) is 0 Å². The molecule has 0 fully saturated rings. The fourth-order valence-corrected chi connectivity index (χ4v) is 1.47. The van der Waals surface area contributed by atoms with Crippen LogP contribution in [0.25, 0.3) is 0 Å². The summed E-state index contributed by atoms with van der Waals surface area (Å²) in [5, 5.41) is 8.78. The molecule has 84 valence electrons. The van der Waals surface area contributed by atoms with Gasteiger partial charge in [0, 0.05) is 2.74 Å². The molecule has 0 radical (unpaired) electrons. The van der Waals surface area contributed by atoms with Crippen LogP contribution < -0.4 is 4.74 Å². The second kappa shape index (κ2) is 5.72. The van der Waals surface area contributed by atoms with Crippen LogP contribution in [0.5, 0.6) is 5.75 Å². The fourth-order valence-electron chi connectivity index (χ4n) is 1.47. The molecule has 0 aromatic heterocycles. The zero-order valence-corrected chi connectivity index (χ0v) is 9.26. The second-order valence-electron chi connectivity index (χ2n) is 3.54. The predicted octanol–water partition coefficient (Wildman–Crippen LogP) is 3.33. The summed E-state index contributed by atoms with van der Waals surface area (Å²) in [7, 11) is 0. The lowest BCUT2D eigenvalue weighted by atomic mass is 10.1. The minimum Gasteiger partial charge on any atom is -0.489 e. The van der Waals surface area contributed by atoms with Crippen LogP contribution in [-0.4, -0.2) is 0 Å². The summed E-state index contributed by atoms with van der Waals surface area (Å²) in [5.41, 5.74) is 1.34. The van der Waals surface area contributed by atoms with E-state index in [0.717, 1.165) is 5.56 Å². The van der Waals surface area contributed by atoms with Crippen LogP contribution in [-0.2, 0) is 13.0 Å². The molecule has 2 heteroatoms. The zero-order chi connectivity index (χ0) is 13.7. The van der Waals surface area contributed by atoms with Gasteiger partial charge in [-0.3, -0.25) is 0 Å². The lowest BCUT2D eigenvalue weighted by Gasteiger charge is -2.06. The molecule has 0 N–H and O–H groups in total. The van der Waals surface area contributed by atoms with Gasteiger partial charge in [-0.2, -0.15) is 5.26 Å². The van der Waals surface area contributed by atoms with Crippen molar-refractivity contribution in [2.24, 2.45) is 0 Å². The zero-order valence-electron chi connectivity index (χ0n) is 11.3. The number of nitriles is 1. The van der Waals surface area contributed by atoms with E-state index in [-0.39, 0.29) is 0 Å². The topological polar surface area (TPSA) is 33.0 Å². The molecule has 0 spiro atoms. The molecule has 2 aromatic carbocycles. The van der Waals surface area contributed by atoms with Crippen molar-refractivity contribution in [3.63, 3.8) is 0 Å². The summed E-state index contributed by atoms with van der Waals surface area (Å²) in [4.78, 5) is 0. The molecule has 2 rings (SSSR count). The Hall–Kier alpha value is -2.27. The van der Waals surface area contributed by atoms with Crippen LogP contribution in [0.1, 0.15) is 13.9 Å². The van der Waals surface area contributed by atoms with Crippen LogP contribution in [0.3, 0.4) is 0 Å². The number of hydrogen-bond donors (Lipinski definition) is 0. The lowest BCUT2D eigenvalue weighted by molar-refractivity contribution is 0.306. The van der Waals surface area contributed by atoms with Crippen LogP contribution in [0.4, 0.5) is 0 Å². The van der Waals surface area contributed by atoms with Crippen molar-refractivity contribution < 1.29 is 7.48 Å². The van der Waals surface area contributed by atoms with Gasteiger partial charge in [-0.25, -0.2) is 0 Å². The van der Waals surface area contributed by atoms with E-state index < -0.39 is 6.37 Å². The molecule has 0 bridgehead atoms. The van der Waals surface area contributed by atoms with E-state index in [1.54, 1.807) is 30.3 Å². The first-order valence-corrected chi connectivity index (χ1v) is 5.30.